The lowest BCUT2D eigenvalue weighted by atomic mass is 10.2. The van der Waals surface area contributed by atoms with Crippen LogP contribution in [0.1, 0.15) is 31.7 Å². The number of unbranched alkanes of at least 4 members (excludes halogenated alkanes) is 2. The van der Waals surface area contributed by atoms with E-state index >= 15 is 0 Å². The highest BCUT2D eigenvalue weighted by Crippen LogP contribution is 2.23. The summed E-state index contributed by atoms with van der Waals surface area (Å²) < 4.78 is 40.9. The second kappa shape index (κ2) is 7.33. The van der Waals surface area contributed by atoms with Gasteiger partial charge in [0, 0.05) is 23.1 Å². The van der Waals surface area contributed by atoms with E-state index in [0.717, 1.165) is 19.3 Å². The molecule has 0 spiro atoms. The molecule has 0 radical (unpaired) electrons. The summed E-state index contributed by atoms with van der Waals surface area (Å²) in [4.78, 5) is -0.362. The second-order valence-electron chi connectivity index (χ2n) is 4.19. The van der Waals surface area contributed by atoms with E-state index in [2.05, 4.69) is 20.7 Å². The third kappa shape index (κ3) is 4.52. The normalized spacial score (nSPS) is 11.8. The predicted octanol–water partition coefficient (Wildman–Crippen LogP) is 2.52. The predicted molar refractivity (Wildman–Crippen MR) is 76.7 cm³/mol. The fraction of sp³-hybridized carbons (Fsp3) is 0.500. The molecule has 3 N–H and O–H groups in total. The molecule has 4 nitrogen and oxygen atoms in total. The van der Waals surface area contributed by atoms with Crippen molar-refractivity contribution in [3.8, 4) is 0 Å². The number of sulfonamides is 1. The fourth-order valence-electron chi connectivity index (χ4n) is 1.62. The van der Waals surface area contributed by atoms with Crippen molar-refractivity contribution in [1.29, 1.82) is 0 Å². The van der Waals surface area contributed by atoms with E-state index in [9.17, 15) is 12.8 Å². The Balaban J connectivity index is 2.98. The minimum atomic E-state index is -3.84. The van der Waals surface area contributed by atoms with Crippen LogP contribution in [0.2, 0.25) is 0 Å². The number of benzene rings is 1. The molecule has 19 heavy (non-hydrogen) atoms. The lowest BCUT2D eigenvalue weighted by molar-refractivity contribution is 0.547. The van der Waals surface area contributed by atoms with Crippen molar-refractivity contribution in [2.24, 2.45) is 5.73 Å². The first-order valence-corrected chi connectivity index (χ1v) is 8.37. The van der Waals surface area contributed by atoms with Gasteiger partial charge in [0.05, 0.1) is 0 Å². The zero-order valence-electron chi connectivity index (χ0n) is 10.7. The number of rotatable bonds is 7. The van der Waals surface area contributed by atoms with Gasteiger partial charge in [0.15, 0.2) is 0 Å². The van der Waals surface area contributed by atoms with Crippen LogP contribution >= 0.6 is 15.9 Å². The molecular weight excluding hydrogens is 335 g/mol. The Morgan fingerprint density at radius 2 is 2.05 bits per heavy atom. The number of nitrogens with one attached hydrogen (secondary N) is 1. The van der Waals surface area contributed by atoms with Gasteiger partial charge in [-0.2, -0.15) is 0 Å². The number of hydrogen-bond acceptors (Lipinski definition) is 3. The lowest BCUT2D eigenvalue weighted by Gasteiger charge is -2.10. The van der Waals surface area contributed by atoms with E-state index in [4.69, 9.17) is 5.73 Å². The van der Waals surface area contributed by atoms with E-state index in [1.807, 2.05) is 6.92 Å². The summed E-state index contributed by atoms with van der Waals surface area (Å²) in [5, 5.41) is 0. The summed E-state index contributed by atoms with van der Waals surface area (Å²) in [7, 11) is -3.84. The molecule has 0 atom stereocenters. The molecule has 1 aromatic carbocycles. The number of nitrogens with two attached hydrogens (primary N) is 1. The average molecular weight is 353 g/mol. The minimum Gasteiger partial charge on any atom is -0.326 e. The summed E-state index contributed by atoms with van der Waals surface area (Å²) in [5.41, 5.74) is 5.57. The van der Waals surface area contributed by atoms with Gasteiger partial charge in [0.2, 0.25) is 10.0 Å². The van der Waals surface area contributed by atoms with E-state index in [1.165, 1.54) is 12.1 Å². The van der Waals surface area contributed by atoms with Crippen molar-refractivity contribution in [3.05, 3.63) is 28.0 Å². The molecule has 0 amide bonds. The molecule has 7 heteroatoms. The molecule has 0 aliphatic rings. The topological polar surface area (TPSA) is 72.2 Å². The van der Waals surface area contributed by atoms with Gasteiger partial charge in [-0.25, -0.2) is 17.5 Å². The molecular formula is C12H18BrFN2O2S. The third-order valence-electron chi connectivity index (χ3n) is 2.66. The van der Waals surface area contributed by atoms with E-state index < -0.39 is 15.8 Å². The van der Waals surface area contributed by atoms with E-state index in [1.54, 1.807) is 0 Å². The van der Waals surface area contributed by atoms with Gasteiger partial charge in [-0.1, -0.05) is 35.7 Å². The average Bonchev–Trinajstić information content (AvgIpc) is 2.37. The van der Waals surface area contributed by atoms with Crippen LogP contribution in [0.3, 0.4) is 0 Å². The van der Waals surface area contributed by atoms with Crippen molar-refractivity contribution < 1.29 is 12.8 Å². The summed E-state index contributed by atoms with van der Waals surface area (Å²) in [6.45, 7) is 2.28. The van der Waals surface area contributed by atoms with Crippen LogP contribution < -0.4 is 10.5 Å². The maximum atomic E-state index is 14.0. The van der Waals surface area contributed by atoms with Gasteiger partial charge in [0.25, 0.3) is 0 Å². The zero-order chi connectivity index (χ0) is 14.5. The van der Waals surface area contributed by atoms with Crippen LogP contribution in [0.15, 0.2) is 21.5 Å². The first kappa shape index (κ1) is 16.6. The molecule has 108 valence electrons. The van der Waals surface area contributed by atoms with E-state index in [-0.39, 0.29) is 17.0 Å². The van der Waals surface area contributed by atoms with Crippen LogP contribution in [0, 0.1) is 5.82 Å². The SMILES string of the molecule is CCCCCNS(=O)(=O)c1cc(Br)cc(CN)c1F. The number of hydrogen-bond donors (Lipinski definition) is 2. The standard InChI is InChI=1S/C12H18BrFN2O2S/c1-2-3-4-5-16-19(17,18)11-7-10(13)6-9(8-15)12(11)14/h6-7,16H,2-5,8,15H2,1H3. The Morgan fingerprint density at radius 1 is 1.37 bits per heavy atom. The summed E-state index contributed by atoms with van der Waals surface area (Å²) >= 11 is 3.16. The molecule has 0 unspecified atom stereocenters. The molecule has 0 aromatic heterocycles. The summed E-state index contributed by atoms with van der Waals surface area (Å²) in [6.07, 6.45) is 2.65. The molecule has 0 aliphatic heterocycles. The van der Waals surface area contributed by atoms with Crippen molar-refractivity contribution >= 4 is 26.0 Å². The molecule has 0 heterocycles. The van der Waals surface area contributed by atoms with Gasteiger partial charge in [-0.3, -0.25) is 0 Å². The van der Waals surface area contributed by atoms with Crippen LogP contribution in [-0.4, -0.2) is 15.0 Å². The highest BCUT2D eigenvalue weighted by molar-refractivity contribution is 9.10. The number of halogens is 2. The van der Waals surface area contributed by atoms with Gasteiger partial charge in [0.1, 0.15) is 10.7 Å². The zero-order valence-corrected chi connectivity index (χ0v) is 13.2. The third-order valence-corrected chi connectivity index (χ3v) is 4.58. The maximum absolute atomic E-state index is 14.0. The summed E-state index contributed by atoms with van der Waals surface area (Å²) in [6, 6.07) is 2.72. The largest absolute Gasteiger partial charge is 0.326 e. The highest BCUT2D eigenvalue weighted by atomic mass is 79.9. The van der Waals surface area contributed by atoms with Crippen LogP contribution in [-0.2, 0) is 16.6 Å². The smallest absolute Gasteiger partial charge is 0.243 e. The van der Waals surface area contributed by atoms with Crippen molar-refractivity contribution in [2.45, 2.75) is 37.6 Å². The molecule has 0 saturated carbocycles. The van der Waals surface area contributed by atoms with Crippen LogP contribution in [0.5, 0.6) is 0 Å². The lowest BCUT2D eigenvalue weighted by Crippen LogP contribution is -2.26. The molecule has 0 aliphatic carbocycles. The monoisotopic (exact) mass is 352 g/mol. The minimum absolute atomic E-state index is 0.0520. The Hall–Kier alpha value is -0.500. The molecule has 1 aromatic rings. The van der Waals surface area contributed by atoms with Gasteiger partial charge in [-0.15, -0.1) is 0 Å². The van der Waals surface area contributed by atoms with Crippen LogP contribution in [0.4, 0.5) is 4.39 Å². The fourth-order valence-corrected chi connectivity index (χ4v) is 3.50. The Morgan fingerprint density at radius 3 is 2.63 bits per heavy atom. The molecule has 0 fully saturated rings. The van der Waals surface area contributed by atoms with Crippen LogP contribution in [0.25, 0.3) is 0 Å². The maximum Gasteiger partial charge on any atom is 0.243 e. The Bertz CT molecular complexity index is 535. The van der Waals surface area contributed by atoms with Crippen molar-refractivity contribution in [3.63, 3.8) is 0 Å². The molecule has 0 saturated heterocycles. The Kier molecular flexibility index (Phi) is 6.38. The quantitative estimate of drug-likeness (QED) is 0.740. The van der Waals surface area contributed by atoms with Gasteiger partial charge >= 0.3 is 0 Å². The molecule has 1 rings (SSSR count). The highest BCUT2D eigenvalue weighted by Gasteiger charge is 2.21. The summed E-state index contributed by atoms with van der Waals surface area (Å²) in [5.74, 6) is -0.784. The Labute approximate surface area is 121 Å². The molecule has 0 bridgehead atoms. The first-order chi connectivity index (χ1) is 8.92. The second-order valence-corrected chi connectivity index (χ2v) is 6.84. The van der Waals surface area contributed by atoms with Crippen molar-refractivity contribution in [2.75, 3.05) is 6.54 Å². The van der Waals surface area contributed by atoms with Gasteiger partial charge < -0.3 is 5.73 Å². The van der Waals surface area contributed by atoms with E-state index in [0.29, 0.717) is 11.0 Å². The first-order valence-electron chi connectivity index (χ1n) is 6.10. The van der Waals surface area contributed by atoms with Gasteiger partial charge in [-0.05, 0) is 18.6 Å². The van der Waals surface area contributed by atoms with Crippen molar-refractivity contribution in [1.82, 2.24) is 4.72 Å².